The van der Waals surface area contributed by atoms with Crippen LogP contribution in [0.5, 0.6) is 0 Å². The van der Waals surface area contributed by atoms with Gasteiger partial charge >= 0.3 is 0 Å². The Morgan fingerprint density at radius 3 is 2.78 bits per heavy atom. The summed E-state index contributed by atoms with van der Waals surface area (Å²) in [7, 11) is 0. The molecule has 5 aliphatic rings. The van der Waals surface area contributed by atoms with E-state index in [1.54, 1.807) is 6.08 Å². The third-order valence-electron chi connectivity index (χ3n) is 7.75. The molecule has 0 radical (unpaired) electrons. The lowest BCUT2D eigenvalue weighted by atomic mass is 9.49. The van der Waals surface area contributed by atoms with Gasteiger partial charge in [-0.1, -0.05) is 6.92 Å². The van der Waals surface area contributed by atoms with Crippen molar-refractivity contribution in [2.24, 2.45) is 23.2 Å². The van der Waals surface area contributed by atoms with Gasteiger partial charge in [0.05, 0.1) is 4.48 Å². The molecule has 0 aromatic rings. The molecular weight excluding hydrogens is 360 g/mol. The van der Waals surface area contributed by atoms with Gasteiger partial charge in [-0.3, -0.25) is 9.59 Å². The molecule has 1 heterocycles. The van der Waals surface area contributed by atoms with Gasteiger partial charge in [-0.15, -0.1) is 0 Å². The number of fused-ring (bicyclic) bond motifs is 4. The minimum Gasteiger partial charge on any atom is -0.382 e. The molecule has 1 spiro atoms. The van der Waals surface area contributed by atoms with E-state index in [9.17, 15) is 14.7 Å². The monoisotopic (exact) mass is 380 g/mol. The molecule has 0 aromatic carbocycles. The van der Waals surface area contributed by atoms with Crippen molar-refractivity contribution in [3.63, 3.8) is 0 Å². The second kappa shape index (κ2) is 4.17. The maximum atomic E-state index is 12.4. The van der Waals surface area contributed by atoms with Gasteiger partial charge in [0.1, 0.15) is 17.0 Å². The summed E-state index contributed by atoms with van der Waals surface area (Å²) in [5.41, 5.74) is -1.96. The van der Waals surface area contributed by atoms with Gasteiger partial charge in [-0.05, 0) is 71.9 Å². The first kappa shape index (κ1) is 14.8. The largest absolute Gasteiger partial charge is 0.382 e. The molecule has 124 valence electrons. The molecule has 0 aromatic heterocycles. The summed E-state index contributed by atoms with van der Waals surface area (Å²) < 4.78 is 6.27. The van der Waals surface area contributed by atoms with Gasteiger partial charge in [0, 0.05) is 11.8 Å². The molecule has 5 rings (SSSR count). The van der Waals surface area contributed by atoms with Crippen molar-refractivity contribution in [2.75, 3.05) is 0 Å². The fraction of sp³-hybridized carbons (Fsp3) is 0.778. The Balaban J connectivity index is 1.58. The number of ketones is 2. The van der Waals surface area contributed by atoms with Crippen molar-refractivity contribution >= 4 is 27.5 Å². The van der Waals surface area contributed by atoms with Crippen LogP contribution < -0.4 is 0 Å². The molecule has 7 atom stereocenters. The summed E-state index contributed by atoms with van der Waals surface area (Å²) in [6.45, 7) is 2.13. The van der Waals surface area contributed by atoms with E-state index in [4.69, 9.17) is 4.74 Å². The summed E-state index contributed by atoms with van der Waals surface area (Å²) in [6.07, 6.45) is 6.23. The first-order chi connectivity index (χ1) is 10.8. The zero-order valence-corrected chi connectivity index (χ0v) is 14.8. The van der Waals surface area contributed by atoms with Crippen LogP contribution in [0.1, 0.15) is 45.4 Å². The number of ether oxygens (including phenoxy) is 1. The van der Waals surface area contributed by atoms with Crippen LogP contribution in [0, 0.1) is 23.2 Å². The molecule has 1 unspecified atom stereocenters. The van der Waals surface area contributed by atoms with Crippen LogP contribution in [-0.2, 0) is 14.3 Å². The number of epoxide rings is 1. The van der Waals surface area contributed by atoms with Crippen molar-refractivity contribution in [2.45, 2.75) is 62.8 Å². The van der Waals surface area contributed by atoms with Gasteiger partial charge in [-0.25, -0.2) is 0 Å². The maximum absolute atomic E-state index is 12.4. The average molecular weight is 381 g/mol. The Morgan fingerprint density at radius 2 is 2.00 bits per heavy atom. The minimum atomic E-state index is -1.07. The van der Waals surface area contributed by atoms with E-state index in [0.29, 0.717) is 28.5 Å². The molecule has 0 amide bonds. The van der Waals surface area contributed by atoms with Gasteiger partial charge in [-0.2, -0.15) is 0 Å². The van der Waals surface area contributed by atoms with E-state index < -0.39 is 17.3 Å². The van der Waals surface area contributed by atoms with E-state index >= 15 is 0 Å². The van der Waals surface area contributed by atoms with Crippen molar-refractivity contribution in [1.82, 2.24) is 0 Å². The van der Waals surface area contributed by atoms with E-state index in [1.807, 2.05) is 0 Å². The Morgan fingerprint density at radius 1 is 1.22 bits per heavy atom. The highest BCUT2D eigenvalue weighted by atomic mass is 79.9. The number of rotatable bonds is 0. The lowest BCUT2D eigenvalue weighted by molar-refractivity contribution is -0.150. The summed E-state index contributed by atoms with van der Waals surface area (Å²) in [4.78, 5) is 24.6. The molecular formula is C18H21BrO4. The number of hydrogen-bond donors (Lipinski definition) is 1. The normalized spacial score (nSPS) is 57.1. The lowest BCUT2D eigenvalue weighted by Crippen LogP contribution is -2.62. The Hall–Kier alpha value is -0.520. The minimum absolute atomic E-state index is 0.0372. The second-order valence-electron chi connectivity index (χ2n) is 8.40. The third kappa shape index (κ3) is 1.51. The second-order valence-corrected chi connectivity index (χ2v) is 9.26. The Labute approximate surface area is 143 Å². The van der Waals surface area contributed by atoms with E-state index in [2.05, 4.69) is 22.9 Å². The molecule has 1 saturated heterocycles. The lowest BCUT2D eigenvalue weighted by Gasteiger charge is -2.55. The SMILES string of the molecule is C[C@]12CCC3[C@@H](CC[C@]45O[C@H]4C(=O)C(Br)=C[C@]35O)[C@@H]1CCC2=O. The zero-order chi connectivity index (χ0) is 16.2. The highest BCUT2D eigenvalue weighted by Gasteiger charge is 2.78. The summed E-state index contributed by atoms with van der Waals surface area (Å²) >= 11 is 3.33. The summed E-state index contributed by atoms with van der Waals surface area (Å²) in [5.74, 6) is 1.18. The number of carbonyl (C=O) groups is 2. The topological polar surface area (TPSA) is 66.9 Å². The molecule has 3 saturated carbocycles. The first-order valence-corrected chi connectivity index (χ1v) is 9.49. The smallest absolute Gasteiger partial charge is 0.201 e. The van der Waals surface area contributed by atoms with Crippen LogP contribution in [0.4, 0.5) is 0 Å². The maximum Gasteiger partial charge on any atom is 0.201 e. The summed E-state index contributed by atoms with van der Waals surface area (Å²) in [5, 5.41) is 11.6. The van der Waals surface area contributed by atoms with Crippen molar-refractivity contribution in [3.05, 3.63) is 10.6 Å². The quantitative estimate of drug-likeness (QED) is 0.655. The van der Waals surface area contributed by atoms with E-state index in [1.165, 1.54) is 0 Å². The molecule has 4 fully saturated rings. The van der Waals surface area contributed by atoms with Crippen LogP contribution >= 0.6 is 15.9 Å². The number of aliphatic hydroxyl groups is 1. The molecule has 5 heteroatoms. The van der Waals surface area contributed by atoms with Crippen LogP contribution in [0.15, 0.2) is 10.6 Å². The standard InChI is InChI=1S/C18H21BrO4/c1-16-6-5-11-9(10(16)2-3-13(16)20)4-7-18-15(23-18)14(21)12(19)8-17(11,18)22/h8-11,15,22H,2-7H2,1H3/t9-,10-,11?,15-,16-,17-,18-/m0/s1. The fourth-order valence-corrected chi connectivity index (χ4v) is 7.01. The fourth-order valence-electron chi connectivity index (χ4n) is 6.46. The highest BCUT2D eigenvalue weighted by Crippen LogP contribution is 2.67. The highest BCUT2D eigenvalue weighted by molar-refractivity contribution is 9.12. The molecule has 1 N–H and O–H groups in total. The van der Waals surface area contributed by atoms with Crippen LogP contribution in [-0.4, -0.2) is 34.0 Å². The average Bonchev–Trinajstić information content (AvgIpc) is 3.17. The number of hydrogen-bond acceptors (Lipinski definition) is 4. The van der Waals surface area contributed by atoms with Gasteiger partial charge in [0.2, 0.25) is 5.78 Å². The van der Waals surface area contributed by atoms with Crippen molar-refractivity contribution < 1.29 is 19.4 Å². The Kier molecular flexibility index (Phi) is 2.68. The molecule has 0 bridgehead atoms. The van der Waals surface area contributed by atoms with E-state index in [-0.39, 0.29) is 17.1 Å². The zero-order valence-electron chi connectivity index (χ0n) is 13.2. The molecule has 4 aliphatic carbocycles. The van der Waals surface area contributed by atoms with E-state index in [0.717, 1.165) is 32.1 Å². The molecule has 4 nitrogen and oxygen atoms in total. The summed E-state index contributed by atoms with van der Waals surface area (Å²) in [6, 6.07) is 0. The van der Waals surface area contributed by atoms with Gasteiger partial charge in [0.25, 0.3) is 0 Å². The molecule has 1 aliphatic heterocycles. The van der Waals surface area contributed by atoms with Crippen LogP contribution in [0.2, 0.25) is 0 Å². The predicted molar refractivity (Wildman–Crippen MR) is 85.9 cm³/mol. The van der Waals surface area contributed by atoms with Crippen molar-refractivity contribution in [3.8, 4) is 0 Å². The van der Waals surface area contributed by atoms with Crippen molar-refractivity contribution in [1.29, 1.82) is 0 Å². The molecule has 23 heavy (non-hydrogen) atoms. The Bertz CT molecular complexity index is 672. The number of Topliss-reactive ketones (excluding diaryl/α,β-unsaturated/α-hetero) is 2. The predicted octanol–water partition coefficient (Wildman–Crippen LogP) is 2.52. The number of carbonyl (C=O) groups excluding carboxylic acids is 2. The number of halogens is 1. The third-order valence-corrected chi connectivity index (χ3v) is 8.37. The van der Waals surface area contributed by atoms with Crippen LogP contribution in [0.3, 0.4) is 0 Å². The first-order valence-electron chi connectivity index (χ1n) is 8.69. The van der Waals surface area contributed by atoms with Gasteiger partial charge in [0.15, 0.2) is 6.10 Å². The van der Waals surface area contributed by atoms with Gasteiger partial charge < -0.3 is 9.84 Å². The van der Waals surface area contributed by atoms with Crippen LogP contribution in [0.25, 0.3) is 0 Å².